The molecule has 1 heterocycles. The summed E-state index contributed by atoms with van der Waals surface area (Å²) in [6, 6.07) is 1.66. The summed E-state index contributed by atoms with van der Waals surface area (Å²) < 4.78 is 0. The average Bonchev–Trinajstić information content (AvgIpc) is 2.77. The molecule has 1 aromatic heterocycles. The lowest BCUT2D eigenvalue weighted by Gasteiger charge is -2.22. The number of nitrogens with one attached hydrogen (secondary N) is 1. The van der Waals surface area contributed by atoms with Crippen molar-refractivity contribution in [2.75, 3.05) is 13.6 Å². The van der Waals surface area contributed by atoms with Crippen LogP contribution in [0.4, 0.5) is 0 Å². The van der Waals surface area contributed by atoms with Crippen LogP contribution in [0.1, 0.15) is 26.3 Å². The molecule has 19 heavy (non-hydrogen) atoms. The molecule has 1 N–H and O–H groups in total. The number of carbonyl (C=O) groups is 2. The zero-order chi connectivity index (χ0) is 14.4. The zero-order valence-corrected chi connectivity index (χ0v) is 12.8. The van der Waals surface area contributed by atoms with Gasteiger partial charge in [-0.25, -0.2) is 0 Å². The van der Waals surface area contributed by atoms with Gasteiger partial charge in [0.1, 0.15) is 0 Å². The highest BCUT2D eigenvalue weighted by molar-refractivity contribution is 7.07. The van der Waals surface area contributed by atoms with Crippen molar-refractivity contribution in [3.63, 3.8) is 0 Å². The van der Waals surface area contributed by atoms with Crippen molar-refractivity contribution in [1.82, 2.24) is 10.2 Å². The molecule has 0 aliphatic heterocycles. The van der Waals surface area contributed by atoms with Gasteiger partial charge < -0.3 is 5.32 Å². The number of amides is 1. The predicted octanol–water partition coefficient (Wildman–Crippen LogP) is 1.91. The quantitative estimate of drug-likeness (QED) is 0.831. The van der Waals surface area contributed by atoms with Crippen LogP contribution >= 0.6 is 11.3 Å². The molecule has 0 spiro atoms. The van der Waals surface area contributed by atoms with Crippen molar-refractivity contribution in [1.29, 1.82) is 0 Å². The smallest absolute Gasteiger partial charge is 0.234 e. The summed E-state index contributed by atoms with van der Waals surface area (Å²) in [4.78, 5) is 25.3. The van der Waals surface area contributed by atoms with Crippen molar-refractivity contribution >= 4 is 23.0 Å². The molecule has 0 aliphatic rings. The van der Waals surface area contributed by atoms with Gasteiger partial charge in [0.05, 0.1) is 12.6 Å². The molecule has 0 fully saturated rings. The molecule has 1 amide bonds. The lowest BCUT2D eigenvalue weighted by Crippen LogP contribution is -2.46. The molecule has 4 nitrogen and oxygen atoms in total. The van der Waals surface area contributed by atoms with Crippen molar-refractivity contribution in [2.45, 2.75) is 33.4 Å². The SMILES string of the molecule is CC(=O)C(NC(=O)CN(C)Cc1ccsc1)C(C)C. The first-order valence-corrected chi connectivity index (χ1v) is 7.34. The second-order valence-electron chi connectivity index (χ2n) is 5.20. The van der Waals surface area contributed by atoms with E-state index >= 15 is 0 Å². The zero-order valence-electron chi connectivity index (χ0n) is 12.0. The fourth-order valence-corrected chi connectivity index (χ4v) is 2.61. The lowest BCUT2D eigenvalue weighted by atomic mass is 10.0. The number of rotatable bonds is 7. The van der Waals surface area contributed by atoms with Crippen LogP contribution in [0.25, 0.3) is 0 Å². The molecule has 1 unspecified atom stereocenters. The molecule has 1 aromatic rings. The van der Waals surface area contributed by atoms with Crippen molar-refractivity contribution < 1.29 is 9.59 Å². The predicted molar refractivity (Wildman–Crippen MR) is 78.1 cm³/mol. The summed E-state index contributed by atoms with van der Waals surface area (Å²) >= 11 is 1.65. The maximum Gasteiger partial charge on any atom is 0.234 e. The van der Waals surface area contributed by atoms with Gasteiger partial charge in [-0.3, -0.25) is 14.5 Å². The molecule has 0 saturated heterocycles. The Labute approximate surface area is 118 Å². The van der Waals surface area contributed by atoms with Gasteiger partial charge in [0.2, 0.25) is 5.91 Å². The van der Waals surface area contributed by atoms with E-state index in [2.05, 4.69) is 10.7 Å². The molecule has 5 heteroatoms. The Kier molecular flexibility index (Phi) is 6.18. The first-order chi connectivity index (χ1) is 8.90. The summed E-state index contributed by atoms with van der Waals surface area (Å²) in [6.45, 7) is 6.42. The van der Waals surface area contributed by atoms with E-state index in [0.29, 0.717) is 6.54 Å². The minimum atomic E-state index is -0.387. The molecule has 0 saturated carbocycles. The van der Waals surface area contributed by atoms with Gasteiger partial charge in [0.25, 0.3) is 0 Å². The summed E-state index contributed by atoms with van der Waals surface area (Å²) in [7, 11) is 1.90. The number of Topliss-reactive ketones (excluding diaryl/α,β-unsaturated/α-hetero) is 1. The standard InChI is InChI=1S/C14H22N2O2S/c1-10(2)14(11(3)17)15-13(18)8-16(4)7-12-5-6-19-9-12/h5-6,9-10,14H,7-8H2,1-4H3,(H,15,18). The third-order valence-corrected chi connectivity index (χ3v) is 3.60. The molecule has 0 radical (unpaired) electrons. The van der Waals surface area contributed by atoms with Crippen molar-refractivity contribution in [3.05, 3.63) is 22.4 Å². The topological polar surface area (TPSA) is 49.4 Å². The minimum absolute atomic E-state index is 0.00355. The van der Waals surface area contributed by atoms with Gasteiger partial charge in [-0.1, -0.05) is 13.8 Å². The molecule has 0 bridgehead atoms. The Morgan fingerprint density at radius 3 is 2.58 bits per heavy atom. The van der Waals surface area contributed by atoms with Gasteiger partial charge in [0.15, 0.2) is 5.78 Å². The number of nitrogens with zero attached hydrogens (tertiary/aromatic N) is 1. The largest absolute Gasteiger partial charge is 0.345 e. The molecule has 1 rings (SSSR count). The Morgan fingerprint density at radius 1 is 1.42 bits per heavy atom. The van der Waals surface area contributed by atoms with Gasteiger partial charge in [-0.15, -0.1) is 0 Å². The highest BCUT2D eigenvalue weighted by Gasteiger charge is 2.20. The monoisotopic (exact) mass is 282 g/mol. The van der Waals surface area contributed by atoms with Crippen LogP contribution in [0.5, 0.6) is 0 Å². The van der Waals surface area contributed by atoms with E-state index in [-0.39, 0.29) is 23.7 Å². The molecule has 0 aromatic carbocycles. The Balaban J connectivity index is 2.43. The first-order valence-electron chi connectivity index (χ1n) is 6.39. The van der Waals surface area contributed by atoms with Crippen LogP contribution < -0.4 is 5.32 Å². The van der Waals surface area contributed by atoms with Crippen LogP contribution in [0.2, 0.25) is 0 Å². The fraction of sp³-hybridized carbons (Fsp3) is 0.571. The van der Waals surface area contributed by atoms with E-state index in [1.165, 1.54) is 12.5 Å². The third kappa shape index (κ3) is 5.53. The lowest BCUT2D eigenvalue weighted by molar-refractivity contribution is -0.128. The molecular weight excluding hydrogens is 260 g/mol. The third-order valence-electron chi connectivity index (χ3n) is 2.87. The Morgan fingerprint density at radius 2 is 2.11 bits per heavy atom. The maximum absolute atomic E-state index is 11.9. The molecule has 0 aliphatic carbocycles. The van der Waals surface area contributed by atoms with Crippen LogP contribution in [0.15, 0.2) is 16.8 Å². The fourth-order valence-electron chi connectivity index (χ4n) is 1.95. The van der Waals surface area contributed by atoms with Crippen molar-refractivity contribution in [3.8, 4) is 0 Å². The average molecular weight is 282 g/mol. The van der Waals surface area contributed by atoms with E-state index in [9.17, 15) is 9.59 Å². The van der Waals surface area contributed by atoms with Gasteiger partial charge >= 0.3 is 0 Å². The molecule has 1 atom stereocenters. The number of likely N-dealkylation sites (N-methyl/N-ethyl adjacent to an activating group) is 1. The van der Waals surface area contributed by atoms with E-state index < -0.39 is 0 Å². The second-order valence-corrected chi connectivity index (χ2v) is 5.98. The number of hydrogen-bond acceptors (Lipinski definition) is 4. The highest BCUT2D eigenvalue weighted by Crippen LogP contribution is 2.08. The van der Waals surface area contributed by atoms with Crippen LogP contribution in [-0.2, 0) is 16.1 Å². The normalized spacial score (nSPS) is 12.7. The number of ketones is 1. The Hall–Kier alpha value is -1.20. The second kappa shape index (κ2) is 7.40. The highest BCUT2D eigenvalue weighted by atomic mass is 32.1. The van der Waals surface area contributed by atoms with E-state index in [1.54, 1.807) is 11.3 Å². The van der Waals surface area contributed by atoms with E-state index in [4.69, 9.17) is 0 Å². The molecule has 106 valence electrons. The van der Waals surface area contributed by atoms with E-state index in [1.807, 2.05) is 37.2 Å². The summed E-state index contributed by atoms with van der Waals surface area (Å²) in [6.07, 6.45) is 0. The van der Waals surface area contributed by atoms with Gasteiger partial charge in [-0.2, -0.15) is 11.3 Å². The first kappa shape index (κ1) is 15.9. The number of carbonyl (C=O) groups excluding carboxylic acids is 2. The van der Waals surface area contributed by atoms with Gasteiger partial charge in [-0.05, 0) is 42.3 Å². The maximum atomic E-state index is 11.9. The summed E-state index contributed by atoms with van der Waals surface area (Å²) in [5.41, 5.74) is 1.20. The Bertz CT molecular complexity index is 415. The van der Waals surface area contributed by atoms with Crippen LogP contribution in [-0.4, -0.2) is 36.2 Å². The number of thiophene rings is 1. The van der Waals surface area contributed by atoms with Crippen LogP contribution in [0, 0.1) is 5.92 Å². The van der Waals surface area contributed by atoms with Crippen molar-refractivity contribution in [2.24, 2.45) is 5.92 Å². The molecular formula is C14H22N2O2S. The minimum Gasteiger partial charge on any atom is -0.345 e. The summed E-state index contributed by atoms with van der Waals surface area (Å²) in [5.74, 6) is 0.0131. The van der Waals surface area contributed by atoms with Gasteiger partial charge in [0, 0.05) is 6.54 Å². The van der Waals surface area contributed by atoms with Crippen LogP contribution in [0.3, 0.4) is 0 Å². The number of hydrogen-bond donors (Lipinski definition) is 1. The van der Waals surface area contributed by atoms with E-state index in [0.717, 1.165) is 6.54 Å². The summed E-state index contributed by atoms with van der Waals surface area (Å²) in [5, 5.41) is 6.89.